The Balaban J connectivity index is 2.22. The second kappa shape index (κ2) is 9.55. The minimum absolute atomic E-state index is 0.627. The maximum atomic E-state index is 8.59. The molecule has 0 unspecified atom stereocenters. The summed E-state index contributed by atoms with van der Waals surface area (Å²) in [5, 5.41) is 18.8. The molecule has 1 rings (SSSR count). The Morgan fingerprint density at radius 3 is 1.88 bits per heavy atom. The number of hydrogen-bond donors (Lipinski definition) is 3. The molecule has 0 radical (unpaired) electrons. The maximum Gasteiger partial charge on any atom is 0.0635 e. The molecule has 1 aliphatic heterocycles. The second-order valence-corrected chi connectivity index (χ2v) is 4.00. The van der Waals surface area contributed by atoms with Gasteiger partial charge >= 0.3 is 0 Å². The van der Waals surface area contributed by atoms with Gasteiger partial charge in [-0.05, 0) is 0 Å². The molecule has 0 aromatic rings. The van der Waals surface area contributed by atoms with Gasteiger partial charge in [0, 0.05) is 65.3 Å². The fraction of sp³-hybridized carbons (Fsp3) is 0.909. The molecule has 0 saturated carbocycles. The first-order valence-corrected chi connectivity index (χ1v) is 6.15. The van der Waals surface area contributed by atoms with E-state index in [0.29, 0.717) is 6.42 Å². The average molecular weight is 225 g/mol. The van der Waals surface area contributed by atoms with Gasteiger partial charge in [0.1, 0.15) is 0 Å². The average Bonchev–Trinajstić information content (AvgIpc) is 2.28. The molecule has 1 saturated heterocycles. The maximum absolute atomic E-state index is 8.59. The van der Waals surface area contributed by atoms with Crippen molar-refractivity contribution in [2.75, 3.05) is 58.9 Å². The quantitative estimate of drug-likeness (QED) is 0.562. The molecular weight excluding hydrogens is 202 g/mol. The van der Waals surface area contributed by atoms with E-state index in [1.54, 1.807) is 0 Å². The fourth-order valence-electron chi connectivity index (χ4n) is 1.75. The van der Waals surface area contributed by atoms with Gasteiger partial charge in [-0.2, -0.15) is 5.26 Å². The lowest BCUT2D eigenvalue weighted by molar-refractivity contribution is 0.277. The molecule has 92 valence electrons. The van der Waals surface area contributed by atoms with Crippen molar-refractivity contribution >= 4 is 0 Å². The van der Waals surface area contributed by atoms with Crippen molar-refractivity contribution in [2.45, 2.75) is 6.42 Å². The molecular formula is C11H23N5. The summed E-state index contributed by atoms with van der Waals surface area (Å²) in [6.07, 6.45) is 0.627. The van der Waals surface area contributed by atoms with Crippen LogP contribution in [0.5, 0.6) is 0 Å². The SMILES string of the molecule is N#CCCN1CCNCCNCCNCC1. The first-order valence-electron chi connectivity index (χ1n) is 6.15. The third-order valence-corrected chi connectivity index (χ3v) is 2.71. The largest absolute Gasteiger partial charge is 0.314 e. The molecule has 0 bridgehead atoms. The van der Waals surface area contributed by atoms with Crippen LogP contribution in [0.25, 0.3) is 0 Å². The molecule has 0 aliphatic carbocycles. The fourth-order valence-corrected chi connectivity index (χ4v) is 1.75. The summed E-state index contributed by atoms with van der Waals surface area (Å²) < 4.78 is 0. The first-order chi connectivity index (χ1) is 7.93. The molecule has 0 atom stereocenters. The Kier molecular flexibility index (Phi) is 7.99. The molecule has 1 heterocycles. The highest BCUT2D eigenvalue weighted by Gasteiger charge is 2.04. The topological polar surface area (TPSA) is 63.1 Å². The normalized spacial score (nSPS) is 21.7. The molecule has 16 heavy (non-hydrogen) atoms. The lowest BCUT2D eigenvalue weighted by atomic mass is 10.3. The standard InChI is InChI=1S/C11H23N5/c12-2-1-9-16-10-7-14-5-3-13-4-6-15-8-11-16/h13-15H,1,3-11H2. The van der Waals surface area contributed by atoms with Crippen molar-refractivity contribution in [2.24, 2.45) is 0 Å². The Morgan fingerprint density at radius 2 is 1.38 bits per heavy atom. The van der Waals surface area contributed by atoms with Crippen molar-refractivity contribution in [3.05, 3.63) is 0 Å². The van der Waals surface area contributed by atoms with Crippen molar-refractivity contribution in [3.63, 3.8) is 0 Å². The Labute approximate surface area is 98.2 Å². The molecule has 1 fully saturated rings. The van der Waals surface area contributed by atoms with E-state index in [0.717, 1.165) is 58.9 Å². The summed E-state index contributed by atoms with van der Waals surface area (Å²) in [5.41, 5.74) is 0. The van der Waals surface area contributed by atoms with Crippen molar-refractivity contribution in [1.29, 1.82) is 5.26 Å². The van der Waals surface area contributed by atoms with Crippen LogP contribution in [0.2, 0.25) is 0 Å². The van der Waals surface area contributed by atoms with E-state index < -0.39 is 0 Å². The third kappa shape index (κ3) is 6.75. The highest BCUT2D eigenvalue weighted by molar-refractivity contribution is 4.73. The summed E-state index contributed by atoms with van der Waals surface area (Å²) in [4.78, 5) is 2.35. The van der Waals surface area contributed by atoms with E-state index in [-0.39, 0.29) is 0 Å². The molecule has 0 aromatic carbocycles. The zero-order valence-corrected chi connectivity index (χ0v) is 9.97. The zero-order valence-electron chi connectivity index (χ0n) is 9.97. The molecule has 0 amide bonds. The summed E-state index contributed by atoms with van der Waals surface area (Å²) in [7, 11) is 0. The highest BCUT2D eigenvalue weighted by Crippen LogP contribution is 1.89. The first kappa shape index (κ1) is 13.4. The van der Waals surface area contributed by atoms with Crippen LogP contribution in [0.15, 0.2) is 0 Å². The molecule has 1 aliphatic rings. The molecule has 0 spiro atoms. The number of rotatable bonds is 2. The Morgan fingerprint density at radius 1 is 0.875 bits per heavy atom. The van der Waals surface area contributed by atoms with Crippen LogP contribution in [-0.4, -0.2) is 63.8 Å². The van der Waals surface area contributed by atoms with Gasteiger partial charge in [0.05, 0.1) is 6.07 Å². The smallest absolute Gasteiger partial charge is 0.0635 e. The lowest BCUT2D eigenvalue weighted by Crippen LogP contribution is -2.42. The van der Waals surface area contributed by atoms with Crippen LogP contribution in [-0.2, 0) is 0 Å². The minimum Gasteiger partial charge on any atom is -0.314 e. The number of hydrogen-bond acceptors (Lipinski definition) is 5. The van der Waals surface area contributed by atoms with Crippen molar-refractivity contribution in [1.82, 2.24) is 20.9 Å². The van der Waals surface area contributed by atoms with Crippen molar-refractivity contribution in [3.8, 4) is 6.07 Å². The van der Waals surface area contributed by atoms with E-state index in [9.17, 15) is 0 Å². The summed E-state index contributed by atoms with van der Waals surface area (Å²) >= 11 is 0. The van der Waals surface area contributed by atoms with E-state index in [1.165, 1.54) is 0 Å². The number of nitrogens with one attached hydrogen (secondary N) is 3. The zero-order chi connectivity index (χ0) is 11.5. The van der Waals surface area contributed by atoms with Gasteiger partial charge in [-0.3, -0.25) is 4.90 Å². The molecule has 5 nitrogen and oxygen atoms in total. The van der Waals surface area contributed by atoms with Crippen LogP contribution in [0.3, 0.4) is 0 Å². The van der Waals surface area contributed by atoms with Gasteiger partial charge in [0.2, 0.25) is 0 Å². The molecule has 5 heteroatoms. The third-order valence-electron chi connectivity index (χ3n) is 2.71. The van der Waals surface area contributed by atoms with Gasteiger partial charge in [-0.15, -0.1) is 0 Å². The van der Waals surface area contributed by atoms with Crippen LogP contribution in [0, 0.1) is 11.3 Å². The number of nitriles is 1. The van der Waals surface area contributed by atoms with E-state index >= 15 is 0 Å². The van der Waals surface area contributed by atoms with Crippen molar-refractivity contribution < 1.29 is 0 Å². The highest BCUT2D eigenvalue weighted by atomic mass is 15.2. The molecule has 3 N–H and O–H groups in total. The lowest BCUT2D eigenvalue weighted by Gasteiger charge is -2.22. The second-order valence-electron chi connectivity index (χ2n) is 4.00. The monoisotopic (exact) mass is 225 g/mol. The van der Waals surface area contributed by atoms with Gasteiger partial charge in [-0.1, -0.05) is 0 Å². The number of nitrogens with zero attached hydrogens (tertiary/aromatic N) is 2. The Bertz CT molecular complexity index is 189. The van der Waals surface area contributed by atoms with E-state index in [4.69, 9.17) is 5.26 Å². The van der Waals surface area contributed by atoms with Gasteiger partial charge in [0.15, 0.2) is 0 Å². The predicted molar refractivity (Wildman–Crippen MR) is 65.3 cm³/mol. The van der Waals surface area contributed by atoms with Gasteiger partial charge in [0.25, 0.3) is 0 Å². The van der Waals surface area contributed by atoms with Crippen LogP contribution >= 0.6 is 0 Å². The summed E-state index contributed by atoms with van der Waals surface area (Å²) in [6.45, 7) is 9.06. The summed E-state index contributed by atoms with van der Waals surface area (Å²) in [5.74, 6) is 0. The van der Waals surface area contributed by atoms with E-state index in [2.05, 4.69) is 26.9 Å². The minimum atomic E-state index is 0.627. The summed E-state index contributed by atoms with van der Waals surface area (Å²) in [6, 6.07) is 2.21. The van der Waals surface area contributed by atoms with E-state index in [1.807, 2.05) is 0 Å². The van der Waals surface area contributed by atoms with Gasteiger partial charge < -0.3 is 16.0 Å². The Hall–Kier alpha value is -0.670. The van der Waals surface area contributed by atoms with Gasteiger partial charge in [-0.25, -0.2) is 0 Å². The van der Waals surface area contributed by atoms with Crippen LogP contribution in [0.4, 0.5) is 0 Å². The predicted octanol–water partition coefficient (Wildman–Crippen LogP) is -1.02. The molecule has 0 aromatic heterocycles. The van der Waals surface area contributed by atoms with Crippen LogP contribution < -0.4 is 16.0 Å². The van der Waals surface area contributed by atoms with Crippen LogP contribution in [0.1, 0.15) is 6.42 Å².